The van der Waals surface area contributed by atoms with Gasteiger partial charge in [-0.15, -0.1) is 0 Å². The lowest BCUT2D eigenvalue weighted by Gasteiger charge is -2.31. The lowest BCUT2D eigenvalue weighted by atomic mass is 9.85. The molecule has 14 heavy (non-hydrogen) atoms. The molecule has 0 aliphatic heterocycles. The molecule has 2 fully saturated rings. The van der Waals surface area contributed by atoms with Crippen molar-refractivity contribution in [3.63, 3.8) is 0 Å². The van der Waals surface area contributed by atoms with Gasteiger partial charge in [0.25, 0.3) is 0 Å². The van der Waals surface area contributed by atoms with Crippen LogP contribution in [0.15, 0.2) is 0 Å². The van der Waals surface area contributed by atoms with Crippen LogP contribution in [-0.2, 0) is 0 Å². The Morgan fingerprint density at radius 1 is 1.07 bits per heavy atom. The molecule has 2 nitrogen and oxygen atoms in total. The molecular formula is C12H23NO. The second kappa shape index (κ2) is 5.13. The van der Waals surface area contributed by atoms with Gasteiger partial charge >= 0.3 is 0 Å². The Labute approximate surface area is 87.1 Å². The number of hydrogen-bond donors (Lipinski definition) is 2. The SMILES string of the molecule is OCC1CCCCC1NCCC1CC1. The van der Waals surface area contributed by atoms with E-state index in [-0.39, 0.29) is 0 Å². The highest BCUT2D eigenvalue weighted by molar-refractivity contribution is 4.81. The van der Waals surface area contributed by atoms with Gasteiger partial charge in [-0.25, -0.2) is 0 Å². The maximum absolute atomic E-state index is 9.24. The summed E-state index contributed by atoms with van der Waals surface area (Å²) in [5.74, 6) is 1.56. The van der Waals surface area contributed by atoms with Crippen LogP contribution in [0, 0.1) is 11.8 Å². The summed E-state index contributed by atoms with van der Waals surface area (Å²) < 4.78 is 0. The molecule has 0 heterocycles. The van der Waals surface area contributed by atoms with Crippen molar-refractivity contribution < 1.29 is 5.11 Å². The quantitative estimate of drug-likeness (QED) is 0.706. The fraction of sp³-hybridized carbons (Fsp3) is 1.00. The summed E-state index contributed by atoms with van der Waals surface area (Å²) in [6.07, 6.45) is 9.41. The Morgan fingerprint density at radius 3 is 2.57 bits per heavy atom. The Bertz CT molecular complexity index is 168. The third kappa shape index (κ3) is 2.96. The molecule has 2 aliphatic carbocycles. The van der Waals surface area contributed by atoms with Crippen molar-refractivity contribution in [1.82, 2.24) is 5.32 Å². The van der Waals surface area contributed by atoms with E-state index in [4.69, 9.17) is 0 Å². The van der Waals surface area contributed by atoms with E-state index in [2.05, 4.69) is 5.32 Å². The molecule has 0 saturated heterocycles. The fourth-order valence-corrected chi connectivity index (χ4v) is 2.57. The topological polar surface area (TPSA) is 32.3 Å². The smallest absolute Gasteiger partial charge is 0.0474 e. The lowest BCUT2D eigenvalue weighted by molar-refractivity contribution is 0.153. The minimum absolute atomic E-state index is 0.376. The third-order valence-electron chi connectivity index (χ3n) is 3.80. The zero-order chi connectivity index (χ0) is 9.80. The first-order valence-corrected chi connectivity index (χ1v) is 6.24. The molecule has 0 aromatic rings. The van der Waals surface area contributed by atoms with Gasteiger partial charge in [0.2, 0.25) is 0 Å². The van der Waals surface area contributed by atoms with Gasteiger partial charge in [0.05, 0.1) is 0 Å². The second-order valence-electron chi connectivity index (χ2n) is 5.02. The predicted molar refractivity (Wildman–Crippen MR) is 58.2 cm³/mol. The van der Waals surface area contributed by atoms with Crippen molar-refractivity contribution in [1.29, 1.82) is 0 Å². The van der Waals surface area contributed by atoms with E-state index < -0.39 is 0 Å². The minimum Gasteiger partial charge on any atom is -0.396 e. The minimum atomic E-state index is 0.376. The third-order valence-corrected chi connectivity index (χ3v) is 3.80. The Kier molecular flexibility index (Phi) is 3.82. The van der Waals surface area contributed by atoms with E-state index in [0.29, 0.717) is 18.6 Å². The zero-order valence-electron chi connectivity index (χ0n) is 9.04. The molecule has 2 heteroatoms. The molecule has 0 radical (unpaired) electrons. The van der Waals surface area contributed by atoms with Gasteiger partial charge in [-0.1, -0.05) is 25.7 Å². The van der Waals surface area contributed by atoms with Crippen molar-refractivity contribution in [2.24, 2.45) is 11.8 Å². The van der Waals surface area contributed by atoms with Crippen LogP contribution in [-0.4, -0.2) is 24.3 Å². The first-order chi connectivity index (χ1) is 6.90. The van der Waals surface area contributed by atoms with E-state index in [1.54, 1.807) is 0 Å². The van der Waals surface area contributed by atoms with E-state index >= 15 is 0 Å². The van der Waals surface area contributed by atoms with Crippen LogP contribution in [0.2, 0.25) is 0 Å². The average molecular weight is 197 g/mol. The molecule has 2 saturated carbocycles. The standard InChI is InChI=1S/C12H23NO/c14-9-11-3-1-2-4-12(11)13-8-7-10-5-6-10/h10-14H,1-9H2. The highest BCUT2D eigenvalue weighted by Gasteiger charge is 2.25. The first kappa shape index (κ1) is 10.4. The van der Waals surface area contributed by atoms with E-state index in [0.717, 1.165) is 5.92 Å². The summed E-state index contributed by atoms with van der Waals surface area (Å²) in [5.41, 5.74) is 0. The van der Waals surface area contributed by atoms with Gasteiger partial charge in [-0.05, 0) is 37.6 Å². The highest BCUT2D eigenvalue weighted by Crippen LogP contribution is 2.32. The average Bonchev–Trinajstić information content (AvgIpc) is 3.03. The maximum Gasteiger partial charge on any atom is 0.0474 e. The molecule has 2 atom stereocenters. The van der Waals surface area contributed by atoms with Crippen molar-refractivity contribution in [2.75, 3.05) is 13.2 Å². The highest BCUT2D eigenvalue weighted by atomic mass is 16.3. The maximum atomic E-state index is 9.24. The fourth-order valence-electron chi connectivity index (χ4n) is 2.57. The molecule has 2 aliphatic rings. The number of aliphatic hydroxyl groups is 1. The molecule has 0 amide bonds. The zero-order valence-corrected chi connectivity index (χ0v) is 9.04. The van der Waals surface area contributed by atoms with Crippen molar-refractivity contribution in [3.8, 4) is 0 Å². The van der Waals surface area contributed by atoms with Gasteiger partial charge in [-0.3, -0.25) is 0 Å². The van der Waals surface area contributed by atoms with Gasteiger partial charge in [0, 0.05) is 12.6 Å². The predicted octanol–water partition coefficient (Wildman–Crippen LogP) is 1.93. The van der Waals surface area contributed by atoms with Crippen LogP contribution < -0.4 is 5.32 Å². The van der Waals surface area contributed by atoms with Gasteiger partial charge in [0.15, 0.2) is 0 Å². The van der Waals surface area contributed by atoms with E-state index in [1.807, 2.05) is 0 Å². The summed E-state index contributed by atoms with van der Waals surface area (Å²) >= 11 is 0. The van der Waals surface area contributed by atoms with Crippen LogP contribution in [0.4, 0.5) is 0 Å². The summed E-state index contributed by atoms with van der Waals surface area (Å²) in [6.45, 7) is 1.55. The van der Waals surface area contributed by atoms with Gasteiger partial charge in [-0.2, -0.15) is 0 Å². The first-order valence-electron chi connectivity index (χ1n) is 6.24. The van der Waals surface area contributed by atoms with Gasteiger partial charge < -0.3 is 10.4 Å². The lowest BCUT2D eigenvalue weighted by Crippen LogP contribution is -2.40. The molecular weight excluding hydrogens is 174 g/mol. The summed E-state index contributed by atoms with van der Waals surface area (Å²) in [6, 6.07) is 0.604. The molecule has 0 bridgehead atoms. The Morgan fingerprint density at radius 2 is 1.86 bits per heavy atom. The number of rotatable bonds is 5. The van der Waals surface area contributed by atoms with Crippen LogP contribution >= 0.6 is 0 Å². The Balaban J connectivity index is 1.64. The second-order valence-corrected chi connectivity index (χ2v) is 5.02. The molecule has 2 N–H and O–H groups in total. The molecule has 0 aromatic heterocycles. The van der Waals surface area contributed by atoms with Crippen molar-refractivity contribution in [2.45, 2.75) is 51.0 Å². The molecule has 2 unspecified atom stereocenters. The van der Waals surface area contributed by atoms with Crippen molar-refractivity contribution in [3.05, 3.63) is 0 Å². The number of hydrogen-bond acceptors (Lipinski definition) is 2. The van der Waals surface area contributed by atoms with Gasteiger partial charge in [0.1, 0.15) is 0 Å². The van der Waals surface area contributed by atoms with E-state index in [1.165, 1.54) is 51.5 Å². The largest absolute Gasteiger partial charge is 0.396 e. The van der Waals surface area contributed by atoms with Crippen LogP contribution in [0.25, 0.3) is 0 Å². The van der Waals surface area contributed by atoms with Crippen LogP contribution in [0.3, 0.4) is 0 Å². The molecule has 0 aromatic carbocycles. The molecule has 2 rings (SSSR count). The molecule has 0 spiro atoms. The normalized spacial score (nSPS) is 33.2. The van der Waals surface area contributed by atoms with E-state index in [9.17, 15) is 5.11 Å². The molecule has 82 valence electrons. The number of aliphatic hydroxyl groups excluding tert-OH is 1. The van der Waals surface area contributed by atoms with Crippen molar-refractivity contribution >= 4 is 0 Å². The summed E-state index contributed by atoms with van der Waals surface area (Å²) in [5, 5.41) is 12.9. The number of nitrogens with one attached hydrogen (secondary N) is 1. The van der Waals surface area contributed by atoms with Crippen LogP contribution in [0.1, 0.15) is 44.9 Å². The monoisotopic (exact) mass is 197 g/mol. The Hall–Kier alpha value is -0.0800. The summed E-state index contributed by atoms with van der Waals surface area (Å²) in [4.78, 5) is 0. The van der Waals surface area contributed by atoms with Crippen LogP contribution in [0.5, 0.6) is 0 Å². The summed E-state index contributed by atoms with van der Waals surface area (Å²) in [7, 11) is 0.